The van der Waals surface area contributed by atoms with Crippen LogP contribution >= 0.6 is 0 Å². The second-order valence-corrected chi connectivity index (χ2v) is 28.3. The third-order valence-electron chi connectivity index (χ3n) is 22.5. The molecule has 0 bridgehead atoms. The Labute approximate surface area is 599 Å². The van der Waals surface area contributed by atoms with Crippen LogP contribution in [0.3, 0.4) is 0 Å². The number of anilines is 3. The molecule has 0 saturated heterocycles. The van der Waals surface area contributed by atoms with Crippen LogP contribution in [0.25, 0.3) is 40.0 Å². The van der Waals surface area contributed by atoms with Crippen molar-refractivity contribution in [3.05, 3.63) is 417 Å². The highest BCUT2D eigenvalue weighted by Crippen LogP contribution is 2.62. The average molecular weight is 1360 g/mol. The van der Waals surface area contributed by atoms with E-state index >= 15 is 0 Å². The van der Waals surface area contributed by atoms with Crippen molar-refractivity contribution in [2.24, 2.45) is 0 Å². The summed E-state index contributed by atoms with van der Waals surface area (Å²) in [5.74, 6) is 0. The molecule has 103 heavy (non-hydrogen) atoms. The lowest BCUT2D eigenvalue weighted by molar-refractivity contribution is -0.138. The highest BCUT2D eigenvalue weighted by Gasteiger charge is 2.56. The summed E-state index contributed by atoms with van der Waals surface area (Å²) in [5, 5.41) is 0. The fourth-order valence-electron chi connectivity index (χ4n) is 17.3. The second-order valence-electron chi connectivity index (χ2n) is 28.3. The van der Waals surface area contributed by atoms with Gasteiger partial charge in [-0.1, -0.05) is 275 Å². The summed E-state index contributed by atoms with van der Waals surface area (Å²) in [6, 6.07) is 79.9. The minimum absolute atomic E-state index is 0.0925. The molecule has 5 unspecified atom stereocenters. The second kappa shape index (κ2) is 26.6. The topological polar surface area (TPSA) is 6.48 Å². The fourth-order valence-corrected chi connectivity index (χ4v) is 17.3. The first-order chi connectivity index (χ1) is 50.0. The van der Waals surface area contributed by atoms with Crippen LogP contribution < -0.4 is 9.80 Å². The highest BCUT2D eigenvalue weighted by atomic mass is 19.4. The van der Waals surface area contributed by atoms with E-state index in [2.05, 4.69) is 261 Å². The zero-order valence-corrected chi connectivity index (χ0v) is 57.3. The summed E-state index contributed by atoms with van der Waals surface area (Å²) < 4.78 is 86.7. The van der Waals surface area contributed by atoms with Gasteiger partial charge >= 0.3 is 12.4 Å². The quantitative estimate of drug-likeness (QED) is 0.0839. The molecule has 0 N–H and O–H groups in total. The van der Waals surface area contributed by atoms with Crippen LogP contribution in [0.1, 0.15) is 111 Å². The van der Waals surface area contributed by atoms with E-state index in [9.17, 15) is 26.3 Å². The van der Waals surface area contributed by atoms with Crippen LogP contribution in [0.5, 0.6) is 0 Å². The number of hydrogen-bond donors (Lipinski definition) is 0. The third kappa shape index (κ3) is 12.0. The summed E-state index contributed by atoms with van der Waals surface area (Å²) in [6.45, 7) is 10.3. The van der Waals surface area contributed by atoms with E-state index in [4.69, 9.17) is 0 Å². The number of alkyl halides is 6. The van der Waals surface area contributed by atoms with E-state index in [0.717, 1.165) is 137 Å². The normalized spacial score (nSPS) is 20.8. The maximum absolute atomic E-state index is 14.5. The standard InChI is InChI=1S/C95H76F6N2/c1-4-64-24-28-66(29-25-64)62-92(74-40-44-76(45-41-74)94(96,97)98)86-21-13-12-20-84(86)85-57-56-82(60-89(85)92)102(78-48-32-70(33-49-78)68-16-8-6-9-17-68)79-52-36-72(37-53-79)73-38-54-81(55-39-73)103(80-50-34-71(35-51-80)69-18-10-7-11-19-69)83-58-59-91(3)87-22-14-15-23-88(87)93(90(91)61-83,63-67-30-26-65(5-2)27-31-67)75-42-46-77(47-43-75)95(99,100)101/h4-8,10-16,18-48,50,52-58,60-61,78,80H,1-2,9,17,49,51,59,62-63H2,3H3. The van der Waals surface area contributed by atoms with Gasteiger partial charge in [-0.3, -0.25) is 0 Å². The van der Waals surface area contributed by atoms with Crippen molar-refractivity contribution < 1.29 is 26.3 Å². The number of fused-ring (bicyclic) bond motifs is 6. The third-order valence-corrected chi connectivity index (χ3v) is 22.5. The van der Waals surface area contributed by atoms with E-state index < -0.39 is 39.7 Å². The van der Waals surface area contributed by atoms with E-state index in [1.54, 1.807) is 24.3 Å². The smallest absolute Gasteiger partial charge is 0.335 e. The van der Waals surface area contributed by atoms with Crippen molar-refractivity contribution in [3.8, 4) is 22.3 Å². The predicted molar refractivity (Wildman–Crippen MR) is 411 cm³/mol. The van der Waals surface area contributed by atoms with Gasteiger partial charge in [0.05, 0.1) is 28.6 Å². The van der Waals surface area contributed by atoms with Gasteiger partial charge in [0.15, 0.2) is 0 Å². The van der Waals surface area contributed by atoms with Crippen molar-refractivity contribution in [1.82, 2.24) is 0 Å². The van der Waals surface area contributed by atoms with Gasteiger partial charge in [0.1, 0.15) is 0 Å². The number of halogens is 6. The zero-order chi connectivity index (χ0) is 70.7. The lowest BCUT2D eigenvalue weighted by Gasteiger charge is -2.42. The Morgan fingerprint density at radius 2 is 0.971 bits per heavy atom. The van der Waals surface area contributed by atoms with Gasteiger partial charge in [0, 0.05) is 33.6 Å². The van der Waals surface area contributed by atoms with E-state index in [-0.39, 0.29) is 12.1 Å². The molecule has 508 valence electrons. The van der Waals surface area contributed by atoms with Crippen LogP contribution in [0.15, 0.2) is 345 Å². The van der Waals surface area contributed by atoms with Crippen molar-refractivity contribution in [2.45, 2.75) is 92.6 Å². The van der Waals surface area contributed by atoms with Crippen LogP contribution in [0.2, 0.25) is 0 Å². The number of benzene rings is 10. The summed E-state index contributed by atoms with van der Waals surface area (Å²) >= 11 is 0. The van der Waals surface area contributed by atoms with Crippen molar-refractivity contribution in [2.75, 3.05) is 9.80 Å². The molecular weight excluding hydrogens is 1280 g/mol. The van der Waals surface area contributed by atoms with E-state index in [1.807, 2.05) is 42.5 Å². The Morgan fingerprint density at radius 1 is 0.466 bits per heavy atom. The molecule has 0 fully saturated rings. The molecule has 0 radical (unpaired) electrons. The molecule has 16 rings (SSSR count). The minimum atomic E-state index is -4.50. The summed E-state index contributed by atoms with van der Waals surface area (Å²) in [7, 11) is 0. The molecule has 0 amide bonds. The first-order valence-electron chi connectivity index (χ1n) is 35.6. The number of nitrogens with zero attached hydrogens (tertiary/aromatic N) is 2. The molecule has 6 aliphatic rings. The molecule has 10 aromatic rings. The predicted octanol–water partition coefficient (Wildman–Crippen LogP) is 24.8. The largest absolute Gasteiger partial charge is 0.416 e. The zero-order valence-electron chi connectivity index (χ0n) is 57.3. The lowest BCUT2D eigenvalue weighted by atomic mass is 9.63. The minimum Gasteiger partial charge on any atom is -0.335 e. The van der Waals surface area contributed by atoms with Crippen LogP contribution in [-0.4, -0.2) is 12.1 Å². The summed E-state index contributed by atoms with van der Waals surface area (Å²) in [5.41, 5.74) is 20.5. The van der Waals surface area contributed by atoms with Gasteiger partial charge in [-0.25, -0.2) is 0 Å². The molecule has 0 heterocycles. The van der Waals surface area contributed by atoms with Gasteiger partial charge in [-0.2, -0.15) is 26.3 Å². The van der Waals surface area contributed by atoms with Crippen LogP contribution in [0.4, 0.5) is 43.4 Å². The average Bonchev–Trinajstić information content (AvgIpc) is 1.53. The van der Waals surface area contributed by atoms with Crippen molar-refractivity contribution in [1.29, 1.82) is 0 Å². The molecule has 0 saturated carbocycles. The monoisotopic (exact) mass is 1360 g/mol. The van der Waals surface area contributed by atoms with Gasteiger partial charge in [-0.05, 0) is 217 Å². The maximum Gasteiger partial charge on any atom is 0.416 e. The van der Waals surface area contributed by atoms with Crippen molar-refractivity contribution in [3.63, 3.8) is 0 Å². The molecular formula is C95H76F6N2. The Hall–Kier alpha value is -11.2. The fraction of sp³-hybridized carbons (Fsp3) is 0.158. The molecule has 0 aromatic heterocycles. The van der Waals surface area contributed by atoms with Crippen LogP contribution in [0, 0.1) is 0 Å². The number of rotatable bonds is 17. The van der Waals surface area contributed by atoms with Gasteiger partial charge in [0.25, 0.3) is 0 Å². The lowest BCUT2D eigenvalue weighted by Crippen LogP contribution is -2.39. The highest BCUT2D eigenvalue weighted by molar-refractivity contribution is 5.87. The first kappa shape index (κ1) is 66.3. The molecule has 10 aromatic carbocycles. The van der Waals surface area contributed by atoms with Gasteiger partial charge < -0.3 is 9.80 Å². The van der Waals surface area contributed by atoms with Crippen LogP contribution in [-0.2, 0) is 41.4 Å². The van der Waals surface area contributed by atoms with Crippen molar-refractivity contribution >= 4 is 34.8 Å². The molecule has 0 spiro atoms. The molecule has 0 aliphatic heterocycles. The van der Waals surface area contributed by atoms with E-state index in [1.165, 1.54) is 41.0 Å². The molecule has 6 aliphatic carbocycles. The number of hydrogen-bond acceptors (Lipinski definition) is 2. The maximum atomic E-state index is 14.5. The summed E-state index contributed by atoms with van der Waals surface area (Å²) in [4.78, 5) is 4.87. The SMILES string of the molecule is C=Cc1ccc(CC2(c3ccc(C(F)(F)F)cc3)C3=CC(N(c4ccc(-c5ccc(N(c6ccc7c(c6)C(Cc6ccc(C=C)cc6)(c6ccc(C(F)(F)F)cc6)c6ccccc6-7)C6C=CC(C7=CC=CCC7)=CC6)cc5)cc4)C4C=CC(c5ccccc5)=CC4)=CCC3(C)c3ccccc32)cc1. The first-order valence-corrected chi connectivity index (χ1v) is 35.6. The molecule has 8 heteroatoms. The Bertz CT molecular complexity index is 5180. The van der Waals surface area contributed by atoms with Gasteiger partial charge in [-0.15, -0.1) is 0 Å². The summed E-state index contributed by atoms with van der Waals surface area (Å²) in [6.07, 6.45) is 24.9. The molecule has 2 nitrogen and oxygen atoms in total. The van der Waals surface area contributed by atoms with Gasteiger partial charge in [0.2, 0.25) is 0 Å². The van der Waals surface area contributed by atoms with E-state index in [0.29, 0.717) is 19.3 Å². The Balaban J connectivity index is 0.788. The molecule has 5 atom stereocenters. The Morgan fingerprint density at radius 3 is 1.52 bits per heavy atom. The Kier molecular flexibility index (Phi) is 17.1. The number of allylic oxidation sites excluding steroid dienone is 11.